The van der Waals surface area contributed by atoms with E-state index in [9.17, 15) is 14.7 Å². The van der Waals surface area contributed by atoms with Crippen LogP contribution in [0.5, 0.6) is 0 Å². The van der Waals surface area contributed by atoms with Crippen molar-refractivity contribution in [2.45, 2.75) is 31.7 Å². The minimum absolute atomic E-state index is 0.105. The number of carbonyl (C=O) groups is 2. The number of carboxylic acids is 1. The van der Waals surface area contributed by atoms with E-state index in [1.807, 2.05) is 4.57 Å². The Bertz CT molecular complexity index is 574. The number of carbonyl (C=O) groups excluding carboxylic acids is 1. The average molecular weight is 294 g/mol. The number of hydrogen-bond acceptors (Lipinski definition) is 5. The summed E-state index contributed by atoms with van der Waals surface area (Å²) in [5.41, 5.74) is 0.824. The monoisotopic (exact) mass is 294 g/mol. The summed E-state index contributed by atoms with van der Waals surface area (Å²) in [6, 6.07) is 0. The first-order chi connectivity index (χ1) is 10.1. The number of aromatic carboxylic acids is 1. The maximum Gasteiger partial charge on any atom is 0.356 e. The molecule has 0 bridgehead atoms. The van der Waals surface area contributed by atoms with E-state index in [1.165, 1.54) is 7.11 Å². The fourth-order valence-electron chi connectivity index (χ4n) is 3.17. The molecule has 0 aromatic carbocycles. The Hall–Kier alpha value is -1.89. The third-order valence-corrected chi connectivity index (χ3v) is 4.27. The molecule has 1 N–H and O–H groups in total. The van der Waals surface area contributed by atoms with Crippen LogP contribution in [0, 0.1) is 5.92 Å². The number of esters is 1. The lowest BCUT2D eigenvalue weighted by Crippen LogP contribution is -2.29. The van der Waals surface area contributed by atoms with Crippen LogP contribution in [0.2, 0.25) is 0 Å². The van der Waals surface area contributed by atoms with Gasteiger partial charge in [-0.3, -0.25) is 4.79 Å². The maximum absolute atomic E-state index is 11.8. The fraction of sp³-hybridized carbons (Fsp3) is 0.643. The first-order valence-electron chi connectivity index (χ1n) is 7.10. The molecule has 0 saturated carbocycles. The van der Waals surface area contributed by atoms with Crippen LogP contribution in [0.25, 0.3) is 0 Å². The summed E-state index contributed by atoms with van der Waals surface area (Å²) in [6.45, 7) is 1.65. The Morgan fingerprint density at radius 1 is 1.43 bits per heavy atom. The molecule has 1 aromatic heterocycles. The molecule has 2 aliphatic heterocycles. The largest absolute Gasteiger partial charge is 0.476 e. The summed E-state index contributed by atoms with van der Waals surface area (Å²) in [5, 5.41) is 9.32. The lowest BCUT2D eigenvalue weighted by Gasteiger charge is -2.24. The number of imidazole rings is 1. The number of aromatic nitrogens is 2. The van der Waals surface area contributed by atoms with Crippen LogP contribution in [-0.2, 0) is 27.2 Å². The number of nitrogens with zero attached hydrogens (tertiary/aromatic N) is 2. The van der Waals surface area contributed by atoms with E-state index in [2.05, 4.69) is 4.98 Å². The van der Waals surface area contributed by atoms with Crippen molar-refractivity contribution in [3.63, 3.8) is 0 Å². The number of hydrogen-bond donors (Lipinski definition) is 1. The van der Waals surface area contributed by atoms with Crippen molar-refractivity contribution >= 4 is 11.9 Å². The number of rotatable bonds is 3. The molecular formula is C14H18N2O5. The first kappa shape index (κ1) is 14.1. The van der Waals surface area contributed by atoms with Gasteiger partial charge >= 0.3 is 11.9 Å². The molecule has 0 spiro atoms. The zero-order chi connectivity index (χ0) is 15.0. The molecule has 114 valence electrons. The third-order valence-electron chi connectivity index (χ3n) is 4.27. The highest BCUT2D eigenvalue weighted by Crippen LogP contribution is 2.32. The van der Waals surface area contributed by atoms with Crippen molar-refractivity contribution in [3.05, 3.63) is 17.2 Å². The van der Waals surface area contributed by atoms with E-state index < -0.39 is 5.97 Å². The van der Waals surface area contributed by atoms with Crippen molar-refractivity contribution in [1.82, 2.24) is 9.55 Å². The average Bonchev–Trinajstić information content (AvgIpc) is 3.12. The summed E-state index contributed by atoms with van der Waals surface area (Å²) in [5.74, 6) is -0.665. The SMILES string of the molecule is COC(=O)C1CCc2c(C(=O)O)nc(C3CCOC3)n2C1. The molecule has 21 heavy (non-hydrogen) atoms. The summed E-state index contributed by atoms with van der Waals surface area (Å²) in [7, 11) is 1.38. The molecule has 1 saturated heterocycles. The highest BCUT2D eigenvalue weighted by molar-refractivity contribution is 5.87. The Labute approximate surface area is 121 Å². The summed E-state index contributed by atoms with van der Waals surface area (Å²) in [6.07, 6.45) is 1.96. The molecule has 2 aliphatic rings. The van der Waals surface area contributed by atoms with Gasteiger partial charge in [0.2, 0.25) is 0 Å². The van der Waals surface area contributed by atoms with Crippen molar-refractivity contribution < 1.29 is 24.2 Å². The van der Waals surface area contributed by atoms with Gasteiger partial charge in [0.25, 0.3) is 0 Å². The van der Waals surface area contributed by atoms with E-state index in [0.717, 1.165) is 12.2 Å². The van der Waals surface area contributed by atoms with E-state index in [-0.39, 0.29) is 23.5 Å². The second kappa shape index (κ2) is 5.48. The second-order valence-corrected chi connectivity index (χ2v) is 5.50. The van der Waals surface area contributed by atoms with E-state index in [0.29, 0.717) is 38.3 Å². The summed E-state index contributed by atoms with van der Waals surface area (Å²) in [4.78, 5) is 27.5. The second-order valence-electron chi connectivity index (χ2n) is 5.50. The topological polar surface area (TPSA) is 90.7 Å². The molecular weight excluding hydrogens is 276 g/mol. The van der Waals surface area contributed by atoms with E-state index in [4.69, 9.17) is 9.47 Å². The van der Waals surface area contributed by atoms with Crippen molar-refractivity contribution in [3.8, 4) is 0 Å². The van der Waals surface area contributed by atoms with Crippen LogP contribution < -0.4 is 0 Å². The minimum atomic E-state index is -1.01. The van der Waals surface area contributed by atoms with Gasteiger partial charge in [0, 0.05) is 19.1 Å². The maximum atomic E-state index is 11.8. The molecule has 1 aromatic rings. The molecule has 3 rings (SSSR count). The van der Waals surface area contributed by atoms with Gasteiger partial charge < -0.3 is 19.1 Å². The lowest BCUT2D eigenvalue weighted by molar-refractivity contribution is -0.146. The van der Waals surface area contributed by atoms with E-state index in [1.54, 1.807) is 0 Å². The molecule has 0 aliphatic carbocycles. The van der Waals surface area contributed by atoms with Crippen LogP contribution in [0.4, 0.5) is 0 Å². The standard InChI is InChI=1S/C14H18N2O5/c1-20-14(19)8-2-3-10-11(13(17)18)15-12(16(10)6-8)9-4-5-21-7-9/h8-9H,2-7H2,1H3,(H,17,18). The van der Waals surface area contributed by atoms with Crippen LogP contribution in [0.1, 0.15) is 40.8 Å². The lowest BCUT2D eigenvalue weighted by atomic mass is 9.96. The van der Waals surface area contributed by atoms with E-state index >= 15 is 0 Å². The Balaban J connectivity index is 1.98. The fourth-order valence-corrected chi connectivity index (χ4v) is 3.17. The van der Waals surface area contributed by atoms with Crippen molar-refractivity contribution in [1.29, 1.82) is 0 Å². The van der Waals surface area contributed by atoms with Gasteiger partial charge in [-0.1, -0.05) is 0 Å². The smallest absolute Gasteiger partial charge is 0.356 e. The molecule has 0 radical (unpaired) electrons. The quantitative estimate of drug-likeness (QED) is 0.830. The van der Waals surface area contributed by atoms with Crippen LogP contribution >= 0.6 is 0 Å². The third kappa shape index (κ3) is 2.42. The van der Waals surface area contributed by atoms with Gasteiger partial charge in [-0.05, 0) is 19.3 Å². The van der Waals surface area contributed by atoms with Crippen LogP contribution in [0.3, 0.4) is 0 Å². The van der Waals surface area contributed by atoms with Gasteiger partial charge in [-0.25, -0.2) is 9.78 Å². The normalized spacial score (nSPS) is 24.6. The van der Waals surface area contributed by atoms with Gasteiger partial charge in [-0.15, -0.1) is 0 Å². The van der Waals surface area contributed by atoms with Crippen molar-refractivity contribution in [2.75, 3.05) is 20.3 Å². The molecule has 2 unspecified atom stereocenters. The number of ether oxygens (including phenoxy) is 2. The minimum Gasteiger partial charge on any atom is -0.476 e. The molecule has 7 nitrogen and oxygen atoms in total. The number of fused-ring (bicyclic) bond motifs is 1. The number of carboxylic acid groups (broad SMARTS) is 1. The van der Waals surface area contributed by atoms with Gasteiger partial charge in [0.15, 0.2) is 5.69 Å². The summed E-state index contributed by atoms with van der Waals surface area (Å²) >= 11 is 0. The van der Waals surface area contributed by atoms with Crippen LogP contribution in [0.15, 0.2) is 0 Å². The number of methoxy groups -OCH3 is 1. The Morgan fingerprint density at radius 2 is 2.24 bits per heavy atom. The molecule has 1 fully saturated rings. The molecule has 3 heterocycles. The van der Waals surface area contributed by atoms with Crippen LogP contribution in [-0.4, -0.2) is 46.9 Å². The molecule has 7 heteroatoms. The molecule has 2 atom stereocenters. The first-order valence-corrected chi connectivity index (χ1v) is 7.10. The predicted octanol–water partition coefficient (Wildman–Crippen LogP) is 0.821. The summed E-state index contributed by atoms with van der Waals surface area (Å²) < 4.78 is 12.1. The zero-order valence-corrected chi connectivity index (χ0v) is 11.9. The highest BCUT2D eigenvalue weighted by atomic mass is 16.5. The zero-order valence-electron chi connectivity index (χ0n) is 11.9. The van der Waals surface area contributed by atoms with Gasteiger partial charge in [0.1, 0.15) is 5.82 Å². The predicted molar refractivity (Wildman–Crippen MR) is 71.2 cm³/mol. The Kier molecular flexibility index (Phi) is 3.67. The van der Waals surface area contributed by atoms with Crippen molar-refractivity contribution in [2.24, 2.45) is 5.92 Å². The molecule has 0 amide bonds. The Morgan fingerprint density at radius 3 is 2.86 bits per heavy atom. The van der Waals surface area contributed by atoms with Gasteiger partial charge in [0.05, 0.1) is 25.3 Å². The van der Waals surface area contributed by atoms with Gasteiger partial charge in [-0.2, -0.15) is 0 Å². The highest BCUT2D eigenvalue weighted by Gasteiger charge is 2.34.